The minimum atomic E-state index is -0.799. The Morgan fingerprint density at radius 1 is 1.06 bits per heavy atom. The Kier molecular flexibility index (Phi) is 4.72. The number of benzene rings is 4. The van der Waals surface area contributed by atoms with E-state index in [2.05, 4.69) is 74.9 Å². The molecule has 4 aromatic carbocycles. The number of rotatable bonds is 5. The number of hydrogen-bond acceptors (Lipinski definition) is 7. The van der Waals surface area contributed by atoms with Crippen LogP contribution >= 0.6 is 0 Å². The highest BCUT2D eigenvalue weighted by atomic mass is 16.5. The van der Waals surface area contributed by atoms with Crippen molar-refractivity contribution < 1.29 is 14.9 Å². The van der Waals surface area contributed by atoms with Gasteiger partial charge in [-0.25, -0.2) is 4.98 Å². The summed E-state index contributed by atoms with van der Waals surface area (Å²) in [5, 5.41) is 30.0. The second-order valence-corrected chi connectivity index (χ2v) is 9.29. The minimum absolute atomic E-state index is 0.189. The summed E-state index contributed by atoms with van der Waals surface area (Å²) < 4.78 is 7.37. The molecule has 0 spiro atoms. The lowest BCUT2D eigenvalue weighted by molar-refractivity contribution is -0.0432. The van der Waals surface area contributed by atoms with E-state index in [1.54, 1.807) is 4.57 Å². The van der Waals surface area contributed by atoms with Crippen molar-refractivity contribution >= 4 is 49.4 Å². The number of hydrogen-bond donors (Lipinski definition) is 4. The van der Waals surface area contributed by atoms with Gasteiger partial charge >= 0.3 is 0 Å². The number of fused-ring (bicyclic) bond motifs is 1. The molecule has 6 aromatic rings. The molecule has 1 aliphatic heterocycles. The maximum absolute atomic E-state index is 12.7. The smallest absolute Gasteiger partial charge is 0.280 e. The number of nitrogens with zero attached hydrogens (tertiary/aromatic N) is 3. The number of anilines is 1. The normalized spacial score (nSPS) is 20.3. The Morgan fingerprint density at radius 3 is 2.58 bits per heavy atom. The molecule has 9 nitrogen and oxygen atoms in total. The van der Waals surface area contributed by atoms with Gasteiger partial charge in [-0.2, -0.15) is 4.98 Å². The van der Waals surface area contributed by atoms with E-state index >= 15 is 0 Å². The van der Waals surface area contributed by atoms with E-state index in [4.69, 9.17) is 4.74 Å². The van der Waals surface area contributed by atoms with Crippen molar-refractivity contribution in [2.45, 2.75) is 31.4 Å². The average molecular weight is 482 g/mol. The van der Waals surface area contributed by atoms with Gasteiger partial charge in [0.25, 0.3) is 5.56 Å². The van der Waals surface area contributed by atoms with Gasteiger partial charge in [-0.05, 0) is 37.9 Å². The lowest BCUT2D eigenvalue weighted by Crippen LogP contribution is -2.24. The summed E-state index contributed by atoms with van der Waals surface area (Å²) >= 11 is 0. The van der Waals surface area contributed by atoms with Gasteiger partial charge in [0.05, 0.1) is 19.0 Å². The molecule has 180 valence electrons. The van der Waals surface area contributed by atoms with Crippen LogP contribution in [0.5, 0.6) is 0 Å². The van der Waals surface area contributed by atoms with Gasteiger partial charge in [0, 0.05) is 13.0 Å². The quantitative estimate of drug-likeness (QED) is 0.279. The van der Waals surface area contributed by atoms with Crippen LogP contribution in [0, 0.1) is 0 Å². The maximum atomic E-state index is 12.7. The monoisotopic (exact) mass is 481 g/mol. The molecule has 0 aliphatic carbocycles. The molecule has 1 saturated heterocycles. The van der Waals surface area contributed by atoms with Crippen LogP contribution in [0.4, 0.5) is 5.95 Å². The summed E-state index contributed by atoms with van der Waals surface area (Å²) in [4.78, 5) is 24.3. The fourth-order valence-corrected chi connectivity index (χ4v) is 5.40. The molecule has 36 heavy (non-hydrogen) atoms. The molecule has 0 bridgehead atoms. The van der Waals surface area contributed by atoms with E-state index in [0.717, 1.165) is 10.9 Å². The van der Waals surface area contributed by atoms with Gasteiger partial charge in [-0.3, -0.25) is 14.3 Å². The Balaban J connectivity index is 1.25. The average Bonchev–Trinajstić information content (AvgIpc) is 3.49. The molecule has 0 radical (unpaired) electrons. The molecule has 2 aromatic heterocycles. The van der Waals surface area contributed by atoms with Gasteiger partial charge in [0.15, 0.2) is 11.2 Å². The first-order valence-electron chi connectivity index (χ1n) is 11.9. The first-order valence-corrected chi connectivity index (χ1v) is 11.9. The molecule has 3 atom stereocenters. The zero-order valence-electron chi connectivity index (χ0n) is 19.2. The molecule has 0 amide bonds. The standard InChI is InChI=1S/C27H23N5O4/c33-12-20-19(34)10-21(36-20)32-13-29-24-25(32)30-27(31-26(24)35)28-11-17-7-6-16-5-4-14-2-1-3-15-8-9-18(17)23(16)22(14)15/h1-9,13,19-21,33-34H,10-12H2,(H2,28,30,31,35)/t19?,20-,21-/m1/s1. The first-order chi connectivity index (χ1) is 17.6. The second kappa shape index (κ2) is 7.99. The van der Waals surface area contributed by atoms with Crippen molar-refractivity contribution in [3.63, 3.8) is 0 Å². The number of aliphatic hydroxyl groups is 2. The summed E-state index contributed by atoms with van der Waals surface area (Å²) in [7, 11) is 0. The number of ether oxygens (including phenoxy) is 1. The highest BCUT2D eigenvalue weighted by molar-refractivity contribution is 6.23. The van der Waals surface area contributed by atoms with Crippen LogP contribution in [0.15, 0.2) is 65.7 Å². The van der Waals surface area contributed by atoms with Crippen molar-refractivity contribution in [3.8, 4) is 0 Å². The Bertz CT molecular complexity index is 1790. The van der Waals surface area contributed by atoms with Gasteiger partial charge in [0.2, 0.25) is 5.95 Å². The van der Waals surface area contributed by atoms with Crippen molar-refractivity contribution in [3.05, 3.63) is 76.8 Å². The van der Waals surface area contributed by atoms with E-state index in [9.17, 15) is 15.0 Å². The summed E-state index contributed by atoms with van der Waals surface area (Å²) in [6.45, 7) is 0.173. The summed E-state index contributed by atoms with van der Waals surface area (Å²) in [5.74, 6) is 0.317. The number of aliphatic hydroxyl groups excluding tert-OH is 2. The number of aromatic amines is 1. The molecule has 7 rings (SSSR count). The second-order valence-electron chi connectivity index (χ2n) is 9.29. The van der Waals surface area contributed by atoms with Crippen LogP contribution in [0.1, 0.15) is 18.2 Å². The van der Waals surface area contributed by atoms with Gasteiger partial charge in [-0.15, -0.1) is 0 Å². The van der Waals surface area contributed by atoms with E-state index in [1.807, 2.05) is 0 Å². The molecule has 3 heterocycles. The molecular weight excluding hydrogens is 458 g/mol. The maximum Gasteiger partial charge on any atom is 0.280 e. The van der Waals surface area contributed by atoms with Crippen LogP contribution in [0.2, 0.25) is 0 Å². The predicted molar refractivity (Wildman–Crippen MR) is 137 cm³/mol. The fourth-order valence-electron chi connectivity index (χ4n) is 5.40. The molecule has 0 saturated carbocycles. The minimum Gasteiger partial charge on any atom is -0.394 e. The fraction of sp³-hybridized carbons (Fsp3) is 0.222. The van der Waals surface area contributed by atoms with Crippen LogP contribution in [0.25, 0.3) is 43.5 Å². The van der Waals surface area contributed by atoms with E-state index in [1.165, 1.54) is 33.3 Å². The third-order valence-electron chi connectivity index (χ3n) is 7.19. The molecule has 1 fully saturated rings. The zero-order chi connectivity index (χ0) is 24.4. The Morgan fingerprint density at radius 2 is 1.81 bits per heavy atom. The van der Waals surface area contributed by atoms with Crippen LogP contribution in [-0.2, 0) is 11.3 Å². The van der Waals surface area contributed by atoms with Gasteiger partial charge in [-0.1, -0.05) is 54.6 Å². The van der Waals surface area contributed by atoms with Crippen molar-refractivity contribution in [2.75, 3.05) is 11.9 Å². The largest absolute Gasteiger partial charge is 0.394 e. The molecule has 1 aliphatic rings. The molecule has 1 unspecified atom stereocenters. The number of nitrogens with one attached hydrogen (secondary N) is 2. The van der Waals surface area contributed by atoms with Crippen molar-refractivity contribution in [1.29, 1.82) is 0 Å². The predicted octanol–water partition coefficient (Wildman–Crippen LogP) is 3.27. The molecule has 9 heteroatoms. The first kappa shape index (κ1) is 21.3. The summed E-state index contributed by atoms with van der Waals surface area (Å²) in [6.07, 6.45) is -0.291. The van der Waals surface area contributed by atoms with Crippen molar-refractivity contribution in [2.24, 2.45) is 0 Å². The summed E-state index contributed by atoms with van der Waals surface area (Å²) in [6, 6.07) is 19.2. The molecule has 4 N–H and O–H groups in total. The van der Waals surface area contributed by atoms with Gasteiger partial charge in [0.1, 0.15) is 12.3 Å². The third-order valence-corrected chi connectivity index (χ3v) is 7.19. The summed E-state index contributed by atoms with van der Waals surface area (Å²) in [5.41, 5.74) is 1.26. The SMILES string of the molecule is O=c1[nH]c(NCc2ccc3ccc4cccc5ccc2c3c45)nc2c1ncn2[C@H]1CC(O)[C@@H](CO)O1. The number of aromatic nitrogens is 4. The Hall–Kier alpha value is -4.05. The van der Waals surface area contributed by atoms with E-state index in [-0.39, 0.29) is 24.1 Å². The van der Waals surface area contributed by atoms with Crippen molar-refractivity contribution in [1.82, 2.24) is 19.5 Å². The third kappa shape index (κ3) is 3.17. The highest BCUT2D eigenvalue weighted by Crippen LogP contribution is 2.36. The number of imidazole rings is 1. The Labute approximate surface area is 204 Å². The van der Waals surface area contributed by atoms with Gasteiger partial charge < -0.3 is 20.3 Å². The van der Waals surface area contributed by atoms with Crippen LogP contribution in [-0.4, -0.2) is 48.5 Å². The lowest BCUT2D eigenvalue weighted by atomic mass is 9.92. The lowest BCUT2D eigenvalue weighted by Gasteiger charge is -2.15. The highest BCUT2D eigenvalue weighted by Gasteiger charge is 2.35. The zero-order valence-corrected chi connectivity index (χ0v) is 19.2. The molecular formula is C27H23N5O4. The van der Waals surface area contributed by atoms with Crippen LogP contribution < -0.4 is 10.9 Å². The topological polar surface area (TPSA) is 125 Å². The van der Waals surface area contributed by atoms with E-state index < -0.39 is 18.4 Å². The van der Waals surface area contributed by atoms with E-state index in [0.29, 0.717) is 18.1 Å². The van der Waals surface area contributed by atoms with Crippen LogP contribution in [0.3, 0.4) is 0 Å². The number of H-pyrrole nitrogens is 1.